The van der Waals surface area contributed by atoms with Crippen LogP contribution >= 0.6 is 23.4 Å². The van der Waals surface area contributed by atoms with Crippen LogP contribution in [0.5, 0.6) is 0 Å². The molecule has 3 rings (SSSR count). The number of hydrogen-bond donors (Lipinski definition) is 0. The van der Waals surface area contributed by atoms with Crippen LogP contribution in [-0.2, 0) is 0 Å². The molecule has 2 nitrogen and oxygen atoms in total. The number of hydrogen-bond acceptors (Lipinski definition) is 3. The van der Waals surface area contributed by atoms with Gasteiger partial charge in [0, 0.05) is 10.3 Å². The van der Waals surface area contributed by atoms with Gasteiger partial charge in [0.2, 0.25) is 5.28 Å². The van der Waals surface area contributed by atoms with Crippen molar-refractivity contribution < 1.29 is 4.39 Å². The first-order valence-corrected chi connectivity index (χ1v) is 6.78. The molecule has 0 atom stereocenters. The van der Waals surface area contributed by atoms with Crippen molar-refractivity contribution in [2.24, 2.45) is 0 Å². The van der Waals surface area contributed by atoms with Crippen molar-refractivity contribution >= 4 is 34.3 Å². The van der Waals surface area contributed by atoms with Gasteiger partial charge in [-0.2, -0.15) is 0 Å². The Balaban J connectivity index is 2.13. The minimum Gasteiger partial charge on any atom is -0.218 e. The third-order valence-electron chi connectivity index (χ3n) is 2.58. The van der Waals surface area contributed by atoms with Crippen molar-refractivity contribution in [2.45, 2.75) is 9.92 Å². The molecule has 94 valence electrons. The van der Waals surface area contributed by atoms with Crippen LogP contribution in [0.2, 0.25) is 5.28 Å². The van der Waals surface area contributed by atoms with Crippen LogP contribution in [0.15, 0.2) is 58.5 Å². The summed E-state index contributed by atoms with van der Waals surface area (Å²) in [4.78, 5) is 8.85. The summed E-state index contributed by atoms with van der Waals surface area (Å²) in [6.07, 6.45) is 0. The molecule has 1 aromatic heterocycles. The zero-order chi connectivity index (χ0) is 13.2. The number of aromatic nitrogens is 2. The summed E-state index contributed by atoms with van der Waals surface area (Å²) < 4.78 is 13.7. The summed E-state index contributed by atoms with van der Waals surface area (Å²) in [5.41, 5.74) is 0.751. The van der Waals surface area contributed by atoms with E-state index in [1.165, 1.54) is 17.8 Å². The minimum absolute atomic E-state index is 0.164. The third kappa shape index (κ3) is 2.55. The molecule has 0 fully saturated rings. The molecule has 0 spiro atoms. The zero-order valence-electron chi connectivity index (χ0n) is 9.68. The first kappa shape index (κ1) is 12.4. The summed E-state index contributed by atoms with van der Waals surface area (Å²) in [5.74, 6) is -0.272. The topological polar surface area (TPSA) is 25.8 Å². The van der Waals surface area contributed by atoms with Crippen molar-refractivity contribution in [3.05, 3.63) is 59.6 Å². The number of para-hydroxylation sites is 1. The van der Waals surface area contributed by atoms with Crippen LogP contribution in [0.25, 0.3) is 10.9 Å². The number of benzene rings is 2. The van der Waals surface area contributed by atoms with Crippen molar-refractivity contribution in [1.29, 1.82) is 0 Å². The lowest BCUT2D eigenvalue weighted by molar-refractivity contribution is 0.602. The van der Waals surface area contributed by atoms with E-state index in [2.05, 4.69) is 9.97 Å². The average Bonchev–Trinajstić information content (AvgIpc) is 2.41. The Kier molecular flexibility index (Phi) is 3.36. The Labute approximate surface area is 118 Å². The van der Waals surface area contributed by atoms with Gasteiger partial charge in [0.25, 0.3) is 0 Å². The second-order valence-electron chi connectivity index (χ2n) is 3.85. The van der Waals surface area contributed by atoms with Crippen LogP contribution in [-0.4, -0.2) is 9.97 Å². The van der Waals surface area contributed by atoms with E-state index in [4.69, 9.17) is 11.6 Å². The molecule has 0 unspecified atom stereocenters. The number of rotatable bonds is 2. The van der Waals surface area contributed by atoms with E-state index < -0.39 is 0 Å². The predicted octanol–water partition coefficient (Wildman–Crippen LogP) is 4.57. The lowest BCUT2D eigenvalue weighted by Gasteiger charge is -2.06. The summed E-state index contributed by atoms with van der Waals surface area (Å²) in [5, 5.41) is 1.68. The highest BCUT2D eigenvalue weighted by molar-refractivity contribution is 7.99. The van der Waals surface area contributed by atoms with Crippen LogP contribution in [0.4, 0.5) is 4.39 Å². The van der Waals surface area contributed by atoms with Crippen LogP contribution in [0.1, 0.15) is 0 Å². The summed E-state index contributed by atoms with van der Waals surface area (Å²) in [7, 11) is 0. The van der Waals surface area contributed by atoms with Gasteiger partial charge in [-0.1, -0.05) is 42.1 Å². The van der Waals surface area contributed by atoms with Gasteiger partial charge < -0.3 is 0 Å². The summed E-state index contributed by atoms with van der Waals surface area (Å²) in [6, 6.07) is 14.1. The van der Waals surface area contributed by atoms with Crippen molar-refractivity contribution in [2.75, 3.05) is 0 Å². The van der Waals surface area contributed by atoms with Gasteiger partial charge in [-0.15, -0.1) is 0 Å². The monoisotopic (exact) mass is 290 g/mol. The van der Waals surface area contributed by atoms with E-state index in [9.17, 15) is 4.39 Å². The largest absolute Gasteiger partial charge is 0.224 e. The second kappa shape index (κ2) is 5.15. The lowest BCUT2D eigenvalue weighted by Crippen LogP contribution is -1.90. The molecule has 1 heterocycles. The van der Waals surface area contributed by atoms with Gasteiger partial charge in [0.1, 0.15) is 10.8 Å². The Hall–Kier alpha value is -1.65. The first-order valence-electron chi connectivity index (χ1n) is 5.59. The fourth-order valence-electron chi connectivity index (χ4n) is 1.73. The van der Waals surface area contributed by atoms with Crippen LogP contribution < -0.4 is 0 Å². The highest BCUT2D eigenvalue weighted by Crippen LogP contribution is 2.33. The standard InChI is InChI=1S/C14H8ClFN2S/c15-14-17-11-7-3-1-5-9(11)13(18-14)19-12-8-4-2-6-10(12)16/h1-8H. The van der Waals surface area contributed by atoms with Gasteiger partial charge in [-0.05, 0) is 29.8 Å². The van der Waals surface area contributed by atoms with Gasteiger partial charge in [0.15, 0.2) is 0 Å². The molecule has 0 saturated carbocycles. The zero-order valence-corrected chi connectivity index (χ0v) is 11.2. The maximum absolute atomic E-state index is 13.7. The van der Waals surface area contributed by atoms with Crippen molar-refractivity contribution in [3.63, 3.8) is 0 Å². The number of nitrogens with zero attached hydrogens (tertiary/aromatic N) is 2. The van der Waals surface area contributed by atoms with E-state index in [1.807, 2.05) is 24.3 Å². The molecule has 2 aromatic carbocycles. The van der Waals surface area contributed by atoms with Crippen molar-refractivity contribution in [3.8, 4) is 0 Å². The second-order valence-corrected chi connectivity index (χ2v) is 5.22. The van der Waals surface area contributed by atoms with Gasteiger partial charge in [-0.25, -0.2) is 14.4 Å². The molecule has 5 heteroatoms. The Bertz CT molecular complexity index is 748. The first-order chi connectivity index (χ1) is 9.24. The lowest BCUT2D eigenvalue weighted by atomic mass is 10.2. The van der Waals surface area contributed by atoms with Gasteiger partial charge in [0.05, 0.1) is 5.52 Å². The van der Waals surface area contributed by atoms with E-state index in [0.29, 0.717) is 9.92 Å². The molecule has 0 amide bonds. The fraction of sp³-hybridized carbons (Fsp3) is 0. The normalized spacial score (nSPS) is 10.8. The quantitative estimate of drug-likeness (QED) is 0.510. The van der Waals surface area contributed by atoms with E-state index in [-0.39, 0.29) is 11.1 Å². The molecular weight excluding hydrogens is 283 g/mol. The van der Waals surface area contributed by atoms with E-state index >= 15 is 0 Å². The Morgan fingerprint density at radius 3 is 2.53 bits per heavy atom. The average molecular weight is 291 g/mol. The fourth-order valence-corrected chi connectivity index (χ4v) is 2.89. The Morgan fingerprint density at radius 1 is 0.947 bits per heavy atom. The van der Waals surface area contributed by atoms with Gasteiger partial charge >= 0.3 is 0 Å². The maximum Gasteiger partial charge on any atom is 0.224 e. The van der Waals surface area contributed by atoms with Crippen LogP contribution in [0, 0.1) is 5.82 Å². The minimum atomic E-state index is -0.272. The number of fused-ring (bicyclic) bond motifs is 1. The summed E-state index contributed by atoms with van der Waals surface area (Å²) in [6.45, 7) is 0. The molecule has 0 radical (unpaired) electrons. The third-order valence-corrected chi connectivity index (χ3v) is 3.81. The molecular formula is C14H8ClFN2S. The van der Waals surface area contributed by atoms with Crippen molar-refractivity contribution in [1.82, 2.24) is 9.97 Å². The van der Waals surface area contributed by atoms with Gasteiger partial charge in [-0.3, -0.25) is 0 Å². The van der Waals surface area contributed by atoms with Crippen LogP contribution in [0.3, 0.4) is 0 Å². The van der Waals surface area contributed by atoms with E-state index in [0.717, 1.165) is 10.9 Å². The molecule has 0 aliphatic carbocycles. The molecule has 0 saturated heterocycles. The molecule has 0 aliphatic rings. The summed E-state index contributed by atoms with van der Waals surface area (Å²) >= 11 is 7.15. The number of halogens is 2. The highest BCUT2D eigenvalue weighted by atomic mass is 35.5. The maximum atomic E-state index is 13.7. The molecule has 0 N–H and O–H groups in total. The molecule has 19 heavy (non-hydrogen) atoms. The predicted molar refractivity (Wildman–Crippen MR) is 75.1 cm³/mol. The SMILES string of the molecule is Fc1ccccc1Sc1nc(Cl)nc2ccccc12. The van der Waals surface area contributed by atoms with E-state index in [1.54, 1.807) is 18.2 Å². The smallest absolute Gasteiger partial charge is 0.218 e. The molecule has 0 aliphatic heterocycles. The Morgan fingerprint density at radius 2 is 1.68 bits per heavy atom. The molecule has 3 aromatic rings. The highest BCUT2D eigenvalue weighted by Gasteiger charge is 2.10. The molecule has 0 bridgehead atoms.